The van der Waals surface area contributed by atoms with E-state index in [1.807, 2.05) is 54.6 Å². The first-order chi connectivity index (χ1) is 12.3. The molecule has 4 rings (SSSR count). The summed E-state index contributed by atoms with van der Waals surface area (Å²) in [6.07, 6.45) is 3.29. The lowest BCUT2D eigenvalue weighted by molar-refractivity contribution is -0.123. The van der Waals surface area contributed by atoms with Crippen LogP contribution in [-0.2, 0) is 11.3 Å². The van der Waals surface area contributed by atoms with Gasteiger partial charge in [-0.15, -0.1) is 0 Å². The highest BCUT2D eigenvalue weighted by atomic mass is 16.5. The molecule has 1 unspecified atom stereocenters. The summed E-state index contributed by atoms with van der Waals surface area (Å²) in [5.74, 6) is 1.98. The molecule has 2 aromatic rings. The molecule has 2 fully saturated rings. The van der Waals surface area contributed by atoms with Crippen LogP contribution in [0, 0.1) is 11.3 Å². The van der Waals surface area contributed by atoms with Crippen LogP contribution in [0.5, 0.6) is 11.5 Å². The largest absolute Gasteiger partial charge is 0.457 e. The van der Waals surface area contributed by atoms with Gasteiger partial charge in [-0.1, -0.05) is 36.4 Å². The van der Waals surface area contributed by atoms with Gasteiger partial charge in [-0.05, 0) is 56.0 Å². The molecule has 2 aromatic carbocycles. The number of ether oxygens (including phenoxy) is 1. The summed E-state index contributed by atoms with van der Waals surface area (Å²) in [5, 5.41) is 6.50. The Morgan fingerprint density at radius 3 is 2.60 bits per heavy atom. The first kappa shape index (κ1) is 16.2. The van der Waals surface area contributed by atoms with E-state index in [4.69, 9.17) is 4.74 Å². The van der Waals surface area contributed by atoms with E-state index < -0.39 is 0 Å². The van der Waals surface area contributed by atoms with E-state index >= 15 is 0 Å². The Labute approximate surface area is 148 Å². The maximum absolute atomic E-state index is 12.5. The Morgan fingerprint density at radius 1 is 1.08 bits per heavy atom. The summed E-state index contributed by atoms with van der Waals surface area (Å²) in [4.78, 5) is 12.5. The van der Waals surface area contributed by atoms with Crippen LogP contribution in [0.2, 0.25) is 0 Å². The molecule has 1 atom stereocenters. The van der Waals surface area contributed by atoms with Crippen LogP contribution >= 0.6 is 0 Å². The summed E-state index contributed by atoms with van der Waals surface area (Å²) < 4.78 is 5.97. The normalized spacial score (nSPS) is 20.9. The highest BCUT2D eigenvalue weighted by Gasteiger charge is 2.57. The number of hydrogen-bond donors (Lipinski definition) is 2. The van der Waals surface area contributed by atoms with Gasteiger partial charge < -0.3 is 15.4 Å². The molecule has 1 saturated heterocycles. The minimum atomic E-state index is 0.191. The standard InChI is InChI=1S/C21H24N2O2/c24-20(18-14-21(18)10-12-22-13-11-21)23-15-16-6-4-5-9-19(16)25-17-7-2-1-3-8-17/h1-9,18,22H,10-15H2,(H,23,24). The fourth-order valence-corrected chi connectivity index (χ4v) is 3.87. The lowest BCUT2D eigenvalue weighted by Gasteiger charge is -2.23. The fraction of sp³-hybridized carbons (Fsp3) is 0.381. The van der Waals surface area contributed by atoms with Crippen molar-refractivity contribution in [2.24, 2.45) is 11.3 Å². The Hall–Kier alpha value is -2.33. The van der Waals surface area contributed by atoms with Gasteiger partial charge in [-0.3, -0.25) is 4.79 Å². The zero-order chi connectivity index (χ0) is 17.1. The van der Waals surface area contributed by atoms with Crippen LogP contribution in [0.1, 0.15) is 24.8 Å². The molecule has 2 N–H and O–H groups in total. The van der Waals surface area contributed by atoms with E-state index in [-0.39, 0.29) is 17.2 Å². The van der Waals surface area contributed by atoms with Gasteiger partial charge in [0.25, 0.3) is 0 Å². The minimum absolute atomic E-state index is 0.191. The van der Waals surface area contributed by atoms with Crippen LogP contribution in [0.15, 0.2) is 54.6 Å². The van der Waals surface area contributed by atoms with Crippen molar-refractivity contribution in [2.75, 3.05) is 13.1 Å². The van der Waals surface area contributed by atoms with Crippen LogP contribution in [0.3, 0.4) is 0 Å². The predicted octanol–water partition coefficient (Wildman–Crippen LogP) is 3.48. The number of rotatable bonds is 5. The van der Waals surface area contributed by atoms with Crippen LogP contribution in [0.4, 0.5) is 0 Å². The van der Waals surface area contributed by atoms with E-state index in [0.717, 1.165) is 49.4 Å². The molecule has 4 nitrogen and oxygen atoms in total. The molecule has 0 bridgehead atoms. The van der Waals surface area contributed by atoms with E-state index in [9.17, 15) is 4.79 Å². The Morgan fingerprint density at radius 2 is 1.80 bits per heavy atom. The van der Waals surface area contributed by atoms with Crippen molar-refractivity contribution in [1.29, 1.82) is 0 Å². The molecular weight excluding hydrogens is 312 g/mol. The van der Waals surface area contributed by atoms with Gasteiger partial charge in [0.15, 0.2) is 0 Å². The molecular formula is C21H24N2O2. The van der Waals surface area contributed by atoms with Crippen molar-refractivity contribution in [3.63, 3.8) is 0 Å². The molecule has 1 spiro atoms. The summed E-state index contributed by atoms with van der Waals surface area (Å²) in [6.45, 7) is 2.59. The Kier molecular flexibility index (Phi) is 4.45. The zero-order valence-corrected chi connectivity index (χ0v) is 14.3. The number of carbonyl (C=O) groups is 1. The predicted molar refractivity (Wildman–Crippen MR) is 97.4 cm³/mol. The third-order valence-corrected chi connectivity index (χ3v) is 5.50. The second-order valence-corrected chi connectivity index (χ2v) is 7.11. The second-order valence-electron chi connectivity index (χ2n) is 7.11. The first-order valence-corrected chi connectivity index (χ1v) is 9.06. The van der Waals surface area contributed by atoms with E-state index in [2.05, 4.69) is 10.6 Å². The number of para-hydroxylation sites is 2. The monoisotopic (exact) mass is 336 g/mol. The number of amides is 1. The van der Waals surface area contributed by atoms with Gasteiger partial charge in [-0.2, -0.15) is 0 Å². The summed E-state index contributed by atoms with van der Waals surface area (Å²) in [5.41, 5.74) is 1.27. The van der Waals surface area contributed by atoms with Crippen LogP contribution in [0.25, 0.3) is 0 Å². The molecule has 1 saturated carbocycles. The molecule has 1 amide bonds. The average molecular weight is 336 g/mol. The number of carbonyl (C=O) groups excluding carboxylic acids is 1. The summed E-state index contributed by atoms with van der Waals surface area (Å²) >= 11 is 0. The molecule has 0 radical (unpaired) electrons. The zero-order valence-electron chi connectivity index (χ0n) is 14.3. The molecule has 0 aromatic heterocycles. The highest BCUT2D eigenvalue weighted by molar-refractivity contribution is 5.82. The van der Waals surface area contributed by atoms with Crippen molar-refractivity contribution >= 4 is 5.91 Å². The van der Waals surface area contributed by atoms with Gasteiger partial charge in [0.2, 0.25) is 5.91 Å². The van der Waals surface area contributed by atoms with Gasteiger partial charge in [0.1, 0.15) is 11.5 Å². The van der Waals surface area contributed by atoms with Gasteiger partial charge in [0.05, 0.1) is 0 Å². The fourth-order valence-electron chi connectivity index (χ4n) is 3.87. The molecule has 1 aliphatic carbocycles. The smallest absolute Gasteiger partial charge is 0.223 e. The molecule has 4 heteroatoms. The van der Waals surface area contributed by atoms with Crippen molar-refractivity contribution in [3.05, 3.63) is 60.2 Å². The number of piperidine rings is 1. The van der Waals surface area contributed by atoms with E-state index in [1.54, 1.807) is 0 Å². The Bertz CT molecular complexity index is 739. The maximum Gasteiger partial charge on any atom is 0.223 e. The lowest BCUT2D eigenvalue weighted by Crippen LogP contribution is -2.33. The van der Waals surface area contributed by atoms with Gasteiger partial charge in [0, 0.05) is 18.0 Å². The summed E-state index contributed by atoms with van der Waals surface area (Å²) in [7, 11) is 0. The molecule has 1 aliphatic heterocycles. The summed E-state index contributed by atoms with van der Waals surface area (Å²) in [6, 6.07) is 17.6. The first-order valence-electron chi connectivity index (χ1n) is 9.06. The van der Waals surface area contributed by atoms with Gasteiger partial charge >= 0.3 is 0 Å². The molecule has 1 heterocycles. The Balaban J connectivity index is 1.38. The van der Waals surface area contributed by atoms with Crippen molar-refractivity contribution in [3.8, 4) is 11.5 Å². The molecule has 25 heavy (non-hydrogen) atoms. The molecule has 130 valence electrons. The van der Waals surface area contributed by atoms with Crippen LogP contribution < -0.4 is 15.4 Å². The maximum atomic E-state index is 12.5. The molecule has 2 aliphatic rings. The van der Waals surface area contributed by atoms with Crippen molar-refractivity contribution in [1.82, 2.24) is 10.6 Å². The average Bonchev–Trinajstić information content (AvgIpc) is 3.35. The third kappa shape index (κ3) is 3.54. The SMILES string of the molecule is O=C(NCc1ccccc1Oc1ccccc1)C1CC12CCNCC2. The second kappa shape index (κ2) is 6.89. The van der Waals surface area contributed by atoms with Gasteiger partial charge in [-0.25, -0.2) is 0 Å². The highest BCUT2D eigenvalue weighted by Crippen LogP contribution is 2.58. The number of hydrogen-bond acceptors (Lipinski definition) is 3. The number of nitrogens with one attached hydrogen (secondary N) is 2. The quantitative estimate of drug-likeness (QED) is 0.879. The van der Waals surface area contributed by atoms with Crippen molar-refractivity contribution in [2.45, 2.75) is 25.8 Å². The van der Waals surface area contributed by atoms with Crippen LogP contribution in [-0.4, -0.2) is 19.0 Å². The van der Waals surface area contributed by atoms with E-state index in [1.165, 1.54) is 0 Å². The topological polar surface area (TPSA) is 50.4 Å². The van der Waals surface area contributed by atoms with Crippen molar-refractivity contribution < 1.29 is 9.53 Å². The minimum Gasteiger partial charge on any atom is -0.457 e. The lowest BCUT2D eigenvalue weighted by atomic mass is 9.92. The number of benzene rings is 2. The van der Waals surface area contributed by atoms with E-state index in [0.29, 0.717) is 6.54 Å². The third-order valence-electron chi connectivity index (χ3n) is 5.50.